The maximum absolute atomic E-state index is 13.8. The Kier molecular flexibility index (Phi) is 4.45. The molecule has 0 fully saturated rings. The van der Waals surface area contributed by atoms with E-state index in [1.165, 1.54) is 12.1 Å². The SMILES string of the molecule is CC(O)c1cccc(F)c1Oc1cc(Br)ccc1Cl. The average Bonchev–Trinajstić information content (AvgIpc) is 2.35. The molecule has 2 nitrogen and oxygen atoms in total. The molecule has 0 saturated carbocycles. The fourth-order valence-corrected chi connectivity index (χ4v) is 2.12. The zero-order chi connectivity index (χ0) is 14.0. The smallest absolute Gasteiger partial charge is 0.168 e. The standard InChI is InChI=1S/C14H11BrClFO2/c1-8(18)10-3-2-4-12(17)14(10)19-13-7-9(15)5-6-11(13)16/h2-8,18H,1H3. The van der Waals surface area contributed by atoms with Gasteiger partial charge in [0.1, 0.15) is 5.75 Å². The number of para-hydroxylation sites is 1. The summed E-state index contributed by atoms with van der Waals surface area (Å²) in [7, 11) is 0. The number of aliphatic hydroxyl groups is 1. The minimum atomic E-state index is -0.836. The molecule has 0 spiro atoms. The second kappa shape index (κ2) is 5.90. The lowest BCUT2D eigenvalue weighted by molar-refractivity contribution is 0.194. The third-order valence-electron chi connectivity index (χ3n) is 2.55. The van der Waals surface area contributed by atoms with Crippen LogP contribution >= 0.6 is 27.5 Å². The molecule has 0 radical (unpaired) electrons. The molecule has 0 amide bonds. The van der Waals surface area contributed by atoms with Crippen LogP contribution in [0.25, 0.3) is 0 Å². The van der Waals surface area contributed by atoms with Gasteiger partial charge >= 0.3 is 0 Å². The molecule has 0 aliphatic carbocycles. The van der Waals surface area contributed by atoms with Crippen LogP contribution in [0.5, 0.6) is 11.5 Å². The molecule has 1 atom stereocenters. The molecule has 0 aromatic heterocycles. The van der Waals surface area contributed by atoms with Crippen molar-refractivity contribution in [2.45, 2.75) is 13.0 Å². The van der Waals surface area contributed by atoms with E-state index in [0.29, 0.717) is 16.3 Å². The maximum atomic E-state index is 13.8. The largest absolute Gasteiger partial charge is 0.452 e. The molecule has 2 aromatic rings. The Morgan fingerprint density at radius 3 is 2.74 bits per heavy atom. The predicted octanol–water partition coefficient (Wildman–Crippen LogP) is 5.09. The number of hydrogen-bond donors (Lipinski definition) is 1. The fraction of sp³-hybridized carbons (Fsp3) is 0.143. The van der Waals surface area contributed by atoms with Crippen LogP contribution in [0.1, 0.15) is 18.6 Å². The summed E-state index contributed by atoms with van der Waals surface area (Å²) >= 11 is 9.29. The van der Waals surface area contributed by atoms with E-state index in [9.17, 15) is 9.50 Å². The number of halogens is 3. The van der Waals surface area contributed by atoms with Crippen molar-refractivity contribution in [3.63, 3.8) is 0 Å². The highest BCUT2D eigenvalue weighted by molar-refractivity contribution is 9.10. The van der Waals surface area contributed by atoms with Gasteiger partial charge in [-0.1, -0.05) is 39.7 Å². The van der Waals surface area contributed by atoms with E-state index in [4.69, 9.17) is 16.3 Å². The zero-order valence-electron chi connectivity index (χ0n) is 10.0. The molecular formula is C14H11BrClFO2. The number of rotatable bonds is 3. The van der Waals surface area contributed by atoms with Crippen molar-refractivity contribution in [1.29, 1.82) is 0 Å². The molecular weight excluding hydrogens is 335 g/mol. The van der Waals surface area contributed by atoms with E-state index >= 15 is 0 Å². The lowest BCUT2D eigenvalue weighted by Gasteiger charge is -2.14. The summed E-state index contributed by atoms with van der Waals surface area (Å²) in [5.41, 5.74) is 0.371. The van der Waals surface area contributed by atoms with Gasteiger partial charge in [0.25, 0.3) is 0 Å². The number of benzene rings is 2. The highest BCUT2D eigenvalue weighted by Gasteiger charge is 2.16. The fourth-order valence-electron chi connectivity index (χ4n) is 1.63. The van der Waals surface area contributed by atoms with Gasteiger partial charge in [0.2, 0.25) is 0 Å². The molecule has 5 heteroatoms. The molecule has 0 saturated heterocycles. The van der Waals surface area contributed by atoms with Gasteiger partial charge < -0.3 is 9.84 Å². The highest BCUT2D eigenvalue weighted by Crippen LogP contribution is 2.36. The molecule has 0 bridgehead atoms. The summed E-state index contributed by atoms with van der Waals surface area (Å²) in [6.45, 7) is 1.55. The summed E-state index contributed by atoms with van der Waals surface area (Å²) < 4.78 is 20.1. The van der Waals surface area contributed by atoms with Crippen LogP contribution < -0.4 is 4.74 Å². The van der Waals surface area contributed by atoms with E-state index in [0.717, 1.165) is 4.47 Å². The van der Waals surface area contributed by atoms with Gasteiger partial charge in [0, 0.05) is 10.0 Å². The quantitative estimate of drug-likeness (QED) is 0.840. The molecule has 1 N–H and O–H groups in total. The molecule has 0 heterocycles. The Labute approximate surface area is 123 Å². The van der Waals surface area contributed by atoms with Gasteiger partial charge in [-0.25, -0.2) is 4.39 Å². The van der Waals surface area contributed by atoms with E-state index in [1.807, 2.05) is 0 Å². The summed E-state index contributed by atoms with van der Waals surface area (Å²) in [5.74, 6) is -0.241. The van der Waals surface area contributed by atoms with Gasteiger partial charge in [-0.05, 0) is 31.2 Å². The van der Waals surface area contributed by atoms with Crippen LogP contribution in [0.4, 0.5) is 4.39 Å². The average molecular weight is 346 g/mol. The monoisotopic (exact) mass is 344 g/mol. The Morgan fingerprint density at radius 2 is 2.05 bits per heavy atom. The van der Waals surface area contributed by atoms with E-state index in [-0.39, 0.29) is 5.75 Å². The molecule has 2 aromatic carbocycles. The van der Waals surface area contributed by atoms with Crippen LogP contribution in [-0.4, -0.2) is 5.11 Å². The van der Waals surface area contributed by atoms with Gasteiger partial charge in [-0.3, -0.25) is 0 Å². The van der Waals surface area contributed by atoms with Crippen LogP contribution in [-0.2, 0) is 0 Å². The Hall–Kier alpha value is -1.10. The topological polar surface area (TPSA) is 29.5 Å². The molecule has 100 valence electrons. The van der Waals surface area contributed by atoms with E-state index in [2.05, 4.69) is 15.9 Å². The van der Waals surface area contributed by atoms with Crippen LogP contribution in [0.15, 0.2) is 40.9 Å². The molecule has 0 aliphatic heterocycles. The van der Waals surface area contributed by atoms with Crippen LogP contribution in [0.3, 0.4) is 0 Å². The first-order valence-electron chi connectivity index (χ1n) is 5.58. The van der Waals surface area contributed by atoms with Crippen molar-refractivity contribution in [2.24, 2.45) is 0 Å². The third kappa shape index (κ3) is 3.26. The molecule has 19 heavy (non-hydrogen) atoms. The minimum absolute atomic E-state index is 0.0162. The zero-order valence-corrected chi connectivity index (χ0v) is 12.4. The van der Waals surface area contributed by atoms with Crippen molar-refractivity contribution in [3.05, 3.63) is 57.3 Å². The summed E-state index contributed by atoms with van der Waals surface area (Å²) in [4.78, 5) is 0. The van der Waals surface area contributed by atoms with Crippen LogP contribution in [0.2, 0.25) is 5.02 Å². The van der Waals surface area contributed by atoms with Crippen molar-refractivity contribution < 1.29 is 14.2 Å². The third-order valence-corrected chi connectivity index (χ3v) is 3.36. The first-order chi connectivity index (χ1) is 8.99. The van der Waals surface area contributed by atoms with Gasteiger partial charge in [0.15, 0.2) is 11.6 Å². The van der Waals surface area contributed by atoms with Crippen molar-refractivity contribution >= 4 is 27.5 Å². The van der Waals surface area contributed by atoms with Crippen LogP contribution in [0, 0.1) is 5.82 Å². The first-order valence-corrected chi connectivity index (χ1v) is 6.75. The number of hydrogen-bond acceptors (Lipinski definition) is 2. The van der Waals surface area contributed by atoms with E-state index < -0.39 is 11.9 Å². The number of ether oxygens (including phenoxy) is 1. The van der Waals surface area contributed by atoms with E-state index in [1.54, 1.807) is 31.2 Å². The van der Waals surface area contributed by atoms with Gasteiger partial charge in [-0.2, -0.15) is 0 Å². The lowest BCUT2D eigenvalue weighted by Crippen LogP contribution is -1.99. The lowest BCUT2D eigenvalue weighted by atomic mass is 10.1. The molecule has 1 unspecified atom stereocenters. The Balaban J connectivity index is 2.46. The van der Waals surface area contributed by atoms with Crippen molar-refractivity contribution in [2.75, 3.05) is 0 Å². The normalized spacial score (nSPS) is 12.3. The Bertz CT molecular complexity index is 602. The predicted molar refractivity (Wildman–Crippen MR) is 76.3 cm³/mol. The van der Waals surface area contributed by atoms with Crippen molar-refractivity contribution in [3.8, 4) is 11.5 Å². The highest BCUT2D eigenvalue weighted by atomic mass is 79.9. The molecule has 2 rings (SSSR count). The van der Waals surface area contributed by atoms with Gasteiger partial charge in [0.05, 0.1) is 11.1 Å². The minimum Gasteiger partial charge on any atom is -0.452 e. The Morgan fingerprint density at radius 1 is 1.32 bits per heavy atom. The summed E-state index contributed by atoms with van der Waals surface area (Å²) in [5, 5.41) is 10.0. The van der Waals surface area contributed by atoms with Crippen molar-refractivity contribution in [1.82, 2.24) is 0 Å². The van der Waals surface area contributed by atoms with Gasteiger partial charge in [-0.15, -0.1) is 0 Å². The number of aliphatic hydroxyl groups excluding tert-OH is 1. The second-order valence-electron chi connectivity index (χ2n) is 4.01. The summed E-state index contributed by atoms with van der Waals surface area (Å²) in [6, 6.07) is 9.44. The second-order valence-corrected chi connectivity index (χ2v) is 5.33. The molecule has 0 aliphatic rings. The maximum Gasteiger partial charge on any atom is 0.168 e. The first kappa shape index (κ1) is 14.3. The summed E-state index contributed by atoms with van der Waals surface area (Å²) in [6.07, 6.45) is -0.836.